The first-order chi connectivity index (χ1) is 9.42. The Morgan fingerprint density at radius 1 is 1.05 bits per heavy atom. The summed E-state index contributed by atoms with van der Waals surface area (Å²) in [6.07, 6.45) is 8.10. The van der Waals surface area contributed by atoms with Crippen molar-refractivity contribution >= 4 is 5.69 Å². The summed E-state index contributed by atoms with van der Waals surface area (Å²) in [6, 6.07) is 0. The molecule has 1 aromatic rings. The summed E-state index contributed by atoms with van der Waals surface area (Å²) in [7, 11) is 0. The monoisotopic (exact) mass is 261 g/mol. The lowest BCUT2D eigenvalue weighted by Crippen LogP contribution is -2.48. The minimum Gasteiger partial charge on any atom is -0.366 e. The Morgan fingerprint density at radius 2 is 1.74 bits per heavy atom. The van der Waals surface area contributed by atoms with Crippen molar-refractivity contribution < 1.29 is 0 Å². The highest BCUT2D eigenvalue weighted by molar-refractivity contribution is 5.41. The summed E-state index contributed by atoms with van der Waals surface area (Å²) in [4.78, 5) is 13.2. The van der Waals surface area contributed by atoms with Crippen molar-refractivity contribution in [1.82, 2.24) is 20.2 Å². The van der Waals surface area contributed by atoms with Gasteiger partial charge in [0.15, 0.2) is 0 Å². The van der Waals surface area contributed by atoms with Crippen molar-refractivity contribution in [3.05, 3.63) is 18.7 Å². The van der Waals surface area contributed by atoms with Gasteiger partial charge in [-0.2, -0.15) is 0 Å². The number of hydrogen-bond acceptors (Lipinski definition) is 5. The van der Waals surface area contributed by atoms with Crippen LogP contribution in [0.4, 0.5) is 5.69 Å². The normalized spacial score (nSPS) is 22.6. The van der Waals surface area contributed by atoms with Crippen LogP contribution < -0.4 is 10.2 Å². The molecule has 2 aliphatic heterocycles. The number of hydrogen-bond donors (Lipinski definition) is 1. The fourth-order valence-electron chi connectivity index (χ4n) is 3.07. The largest absolute Gasteiger partial charge is 0.366 e. The molecule has 2 aliphatic rings. The van der Waals surface area contributed by atoms with Gasteiger partial charge in [-0.25, -0.2) is 9.97 Å². The fraction of sp³-hybridized carbons (Fsp3) is 0.714. The third kappa shape index (κ3) is 3.42. The van der Waals surface area contributed by atoms with Gasteiger partial charge in [-0.3, -0.25) is 4.90 Å². The topological polar surface area (TPSA) is 44.3 Å². The van der Waals surface area contributed by atoms with Gasteiger partial charge in [-0.05, 0) is 31.8 Å². The zero-order chi connectivity index (χ0) is 12.9. The van der Waals surface area contributed by atoms with E-state index in [1.165, 1.54) is 45.6 Å². The first kappa shape index (κ1) is 12.8. The molecule has 5 heteroatoms. The number of rotatable bonds is 3. The van der Waals surface area contributed by atoms with Crippen molar-refractivity contribution in [2.24, 2.45) is 5.92 Å². The second-order valence-corrected chi connectivity index (χ2v) is 5.58. The average molecular weight is 261 g/mol. The molecule has 0 saturated carbocycles. The molecule has 2 fully saturated rings. The first-order valence-electron chi connectivity index (χ1n) is 7.35. The molecule has 19 heavy (non-hydrogen) atoms. The summed E-state index contributed by atoms with van der Waals surface area (Å²) >= 11 is 0. The minimum atomic E-state index is 0.896. The Hall–Kier alpha value is -1.20. The number of nitrogens with one attached hydrogen (secondary N) is 1. The smallest absolute Gasteiger partial charge is 0.115 e. The zero-order valence-corrected chi connectivity index (χ0v) is 11.5. The molecule has 5 nitrogen and oxygen atoms in total. The molecule has 0 aliphatic carbocycles. The fourth-order valence-corrected chi connectivity index (χ4v) is 3.07. The maximum atomic E-state index is 4.10. The molecule has 1 aromatic heterocycles. The second-order valence-electron chi connectivity index (χ2n) is 5.58. The van der Waals surface area contributed by atoms with Gasteiger partial charge in [-0.1, -0.05) is 0 Å². The van der Waals surface area contributed by atoms with Crippen molar-refractivity contribution in [2.45, 2.75) is 12.8 Å². The molecule has 0 atom stereocenters. The van der Waals surface area contributed by atoms with Crippen LogP contribution in [0, 0.1) is 5.92 Å². The van der Waals surface area contributed by atoms with Crippen molar-refractivity contribution in [3.63, 3.8) is 0 Å². The number of piperidine rings is 1. The molecular weight excluding hydrogens is 238 g/mol. The first-order valence-corrected chi connectivity index (χ1v) is 7.35. The van der Waals surface area contributed by atoms with E-state index < -0.39 is 0 Å². The van der Waals surface area contributed by atoms with Crippen LogP contribution in [0.1, 0.15) is 12.8 Å². The number of aromatic nitrogens is 2. The number of anilines is 1. The van der Waals surface area contributed by atoms with Crippen LogP contribution in [0.5, 0.6) is 0 Å². The lowest BCUT2D eigenvalue weighted by Gasteiger charge is -2.38. The van der Waals surface area contributed by atoms with Gasteiger partial charge >= 0.3 is 0 Å². The van der Waals surface area contributed by atoms with E-state index in [2.05, 4.69) is 25.1 Å². The van der Waals surface area contributed by atoms with Gasteiger partial charge in [0, 0.05) is 32.7 Å². The maximum Gasteiger partial charge on any atom is 0.115 e. The quantitative estimate of drug-likeness (QED) is 0.863. The van der Waals surface area contributed by atoms with Crippen LogP contribution in [0.25, 0.3) is 0 Å². The standard InChI is InChI=1S/C14H23N5/c1-3-15-4-2-13(1)11-18-5-7-19(8-6-18)14-9-16-12-17-10-14/h9-10,12-13,15H,1-8,11H2. The van der Waals surface area contributed by atoms with Gasteiger partial charge in [0.05, 0.1) is 18.1 Å². The van der Waals surface area contributed by atoms with E-state index in [0.29, 0.717) is 0 Å². The molecule has 0 spiro atoms. The molecule has 1 N–H and O–H groups in total. The zero-order valence-electron chi connectivity index (χ0n) is 11.5. The molecular formula is C14H23N5. The van der Waals surface area contributed by atoms with Crippen molar-refractivity contribution in [3.8, 4) is 0 Å². The van der Waals surface area contributed by atoms with Crippen molar-refractivity contribution in [1.29, 1.82) is 0 Å². The summed E-state index contributed by atoms with van der Waals surface area (Å²) in [5, 5.41) is 3.44. The highest BCUT2D eigenvalue weighted by Gasteiger charge is 2.21. The van der Waals surface area contributed by atoms with Crippen LogP contribution in [-0.4, -0.2) is 60.7 Å². The lowest BCUT2D eigenvalue weighted by molar-refractivity contribution is 0.196. The third-order valence-corrected chi connectivity index (χ3v) is 4.26. The molecule has 0 unspecified atom stereocenters. The van der Waals surface area contributed by atoms with Crippen LogP contribution >= 0.6 is 0 Å². The summed E-state index contributed by atoms with van der Waals surface area (Å²) in [6.45, 7) is 8.20. The second kappa shape index (κ2) is 6.30. The highest BCUT2D eigenvalue weighted by atomic mass is 15.3. The van der Waals surface area contributed by atoms with E-state index in [-0.39, 0.29) is 0 Å². The van der Waals surface area contributed by atoms with E-state index in [0.717, 1.165) is 24.7 Å². The summed E-state index contributed by atoms with van der Waals surface area (Å²) in [5.74, 6) is 0.896. The molecule has 104 valence electrons. The molecule has 3 rings (SSSR count). The van der Waals surface area contributed by atoms with E-state index in [9.17, 15) is 0 Å². The van der Waals surface area contributed by atoms with Gasteiger partial charge in [0.2, 0.25) is 0 Å². The van der Waals surface area contributed by atoms with Crippen LogP contribution in [0.15, 0.2) is 18.7 Å². The molecule has 0 aromatic carbocycles. The van der Waals surface area contributed by atoms with Gasteiger partial charge < -0.3 is 10.2 Å². The molecule has 0 amide bonds. The van der Waals surface area contributed by atoms with Crippen LogP contribution in [-0.2, 0) is 0 Å². The van der Waals surface area contributed by atoms with E-state index in [4.69, 9.17) is 0 Å². The van der Waals surface area contributed by atoms with E-state index >= 15 is 0 Å². The maximum absolute atomic E-state index is 4.10. The highest BCUT2D eigenvalue weighted by Crippen LogP contribution is 2.17. The Balaban J connectivity index is 1.46. The summed E-state index contributed by atoms with van der Waals surface area (Å²) < 4.78 is 0. The van der Waals surface area contributed by atoms with Gasteiger partial charge in [-0.15, -0.1) is 0 Å². The van der Waals surface area contributed by atoms with E-state index in [1.807, 2.05) is 12.4 Å². The number of piperazine rings is 1. The Kier molecular flexibility index (Phi) is 4.25. The Morgan fingerprint density at radius 3 is 2.42 bits per heavy atom. The Labute approximate surface area is 115 Å². The molecule has 2 saturated heterocycles. The van der Waals surface area contributed by atoms with Crippen LogP contribution in [0.2, 0.25) is 0 Å². The average Bonchev–Trinajstić information content (AvgIpc) is 2.50. The Bertz CT molecular complexity index is 369. The predicted molar refractivity (Wildman–Crippen MR) is 76.3 cm³/mol. The predicted octanol–water partition coefficient (Wildman–Crippen LogP) is 0.598. The summed E-state index contributed by atoms with van der Waals surface area (Å²) in [5.41, 5.74) is 1.16. The minimum absolute atomic E-state index is 0.896. The molecule has 0 radical (unpaired) electrons. The number of nitrogens with zero attached hydrogens (tertiary/aromatic N) is 4. The van der Waals surface area contributed by atoms with E-state index in [1.54, 1.807) is 6.33 Å². The van der Waals surface area contributed by atoms with Crippen molar-refractivity contribution in [2.75, 3.05) is 50.7 Å². The SMILES string of the molecule is c1ncc(N2CCN(CC3CCNCC3)CC2)cn1. The van der Waals surface area contributed by atoms with Gasteiger partial charge in [0.1, 0.15) is 6.33 Å². The lowest BCUT2D eigenvalue weighted by atomic mass is 9.97. The third-order valence-electron chi connectivity index (χ3n) is 4.26. The van der Waals surface area contributed by atoms with Gasteiger partial charge in [0.25, 0.3) is 0 Å². The van der Waals surface area contributed by atoms with Crippen LogP contribution in [0.3, 0.4) is 0 Å². The molecule has 3 heterocycles. The molecule has 0 bridgehead atoms.